The maximum Gasteiger partial charge on any atom is 0.197 e. The molecule has 1 unspecified atom stereocenters. The van der Waals surface area contributed by atoms with Crippen molar-refractivity contribution in [1.29, 1.82) is 0 Å². The van der Waals surface area contributed by atoms with Crippen molar-refractivity contribution >= 4 is 48.6 Å². The Bertz CT molecular complexity index is 1080. The average Bonchev–Trinajstić information content (AvgIpc) is 3.02. The number of phenols is 1. The van der Waals surface area contributed by atoms with E-state index in [9.17, 15) is 15.0 Å². The van der Waals surface area contributed by atoms with Crippen LogP contribution in [-0.2, 0) is 0 Å². The number of hydrogen-bond donors (Lipinski definition) is 2. The molecule has 3 aromatic rings. The van der Waals surface area contributed by atoms with E-state index < -0.39 is 35.8 Å². The third-order valence-corrected chi connectivity index (χ3v) is 5.27. The minimum Gasteiger partial charge on any atom is -0.508 e. The van der Waals surface area contributed by atoms with Crippen molar-refractivity contribution in [2.45, 2.75) is 20.0 Å². The largest absolute Gasteiger partial charge is 0.508 e. The summed E-state index contributed by atoms with van der Waals surface area (Å²) in [6.45, 7) is 3.25. The molecule has 0 saturated heterocycles. The fourth-order valence-electron chi connectivity index (χ4n) is 2.36. The normalized spacial score (nSPS) is 14.3. The third-order valence-electron chi connectivity index (χ3n) is 3.62. The van der Waals surface area contributed by atoms with Crippen LogP contribution in [0.25, 0.3) is 11.0 Å². The number of fused-ring (bicyclic) bond motifs is 1. The Balaban J connectivity index is 2.40. The van der Waals surface area contributed by atoms with E-state index in [1.54, 1.807) is 12.1 Å². The van der Waals surface area contributed by atoms with Crippen LogP contribution in [-0.4, -0.2) is 16.0 Å². The van der Waals surface area contributed by atoms with Crippen LogP contribution < -0.4 is 0 Å². The van der Waals surface area contributed by atoms with Gasteiger partial charge in [0.25, 0.3) is 0 Å². The Morgan fingerprint density at radius 2 is 1.92 bits per heavy atom. The molecule has 3 rings (SSSR count). The summed E-state index contributed by atoms with van der Waals surface area (Å²) < 4.78 is 30.8. The minimum absolute atomic E-state index is 0.0727. The van der Waals surface area contributed by atoms with Crippen LogP contribution in [0.5, 0.6) is 5.75 Å². The fourth-order valence-corrected chi connectivity index (χ4v) is 3.54. The number of halogens is 2. The number of furan rings is 1. The van der Waals surface area contributed by atoms with Gasteiger partial charge < -0.3 is 14.6 Å². The van der Waals surface area contributed by atoms with E-state index in [4.69, 9.17) is 8.53 Å². The average molecular weight is 457 g/mol. The van der Waals surface area contributed by atoms with Crippen LogP contribution in [0.4, 0.5) is 0 Å². The summed E-state index contributed by atoms with van der Waals surface area (Å²) >= 11 is 6.78. The lowest BCUT2D eigenvalue weighted by atomic mass is 9.98. The quantitative estimate of drug-likeness (QED) is 0.527. The molecule has 2 aromatic carbocycles. The lowest BCUT2D eigenvalue weighted by Gasteiger charge is -2.08. The molecule has 0 fully saturated rings. The van der Waals surface area contributed by atoms with Gasteiger partial charge in [-0.15, -0.1) is 0 Å². The van der Waals surface area contributed by atoms with Crippen molar-refractivity contribution in [1.82, 2.24) is 0 Å². The number of benzene rings is 2. The second-order valence-electron chi connectivity index (χ2n) is 5.34. The van der Waals surface area contributed by atoms with Crippen LogP contribution in [0.3, 0.4) is 0 Å². The highest BCUT2D eigenvalue weighted by molar-refractivity contribution is 9.11. The number of phenolic OH excluding ortho intramolecular Hbond substituents is 1. The molecule has 1 heterocycles. The second-order valence-corrected chi connectivity index (χ2v) is 7.05. The van der Waals surface area contributed by atoms with E-state index in [-0.39, 0.29) is 27.9 Å². The van der Waals surface area contributed by atoms with Gasteiger partial charge in [-0.2, -0.15) is 0 Å². The first-order valence-corrected chi connectivity index (χ1v) is 8.58. The molecule has 1 aromatic heterocycles. The van der Waals surface area contributed by atoms with Gasteiger partial charge in [-0.1, -0.05) is 31.9 Å². The van der Waals surface area contributed by atoms with Gasteiger partial charge in [-0.25, -0.2) is 0 Å². The maximum atomic E-state index is 13.2. The van der Waals surface area contributed by atoms with Crippen molar-refractivity contribution in [3.63, 3.8) is 0 Å². The van der Waals surface area contributed by atoms with Gasteiger partial charge in [0.2, 0.25) is 0 Å². The molecular weight excluding hydrogens is 440 g/mol. The first kappa shape index (κ1) is 13.6. The van der Waals surface area contributed by atoms with Crippen molar-refractivity contribution < 1.29 is 23.5 Å². The van der Waals surface area contributed by atoms with Gasteiger partial charge in [-0.3, -0.25) is 4.79 Å². The SMILES string of the molecule is [2H]c1c(O)c([2H])c2oc(C(C)O)c(C(=O)c3cc(Br)c(C)c(Br)c3)c2c1[2H]. The van der Waals surface area contributed by atoms with Gasteiger partial charge in [0.1, 0.15) is 23.2 Å². The molecule has 6 heteroatoms. The van der Waals surface area contributed by atoms with E-state index in [2.05, 4.69) is 31.9 Å². The molecule has 0 aliphatic rings. The number of ketones is 1. The smallest absolute Gasteiger partial charge is 0.197 e. The third kappa shape index (κ3) is 2.90. The molecule has 0 aliphatic heterocycles. The number of aliphatic hydroxyl groups excluding tert-OH is 1. The summed E-state index contributed by atoms with van der Waals surface area (Å²) in [6.07, 6.45) is -1.19. The van der Waals surface area contributed by atoms with E-state index >= 15 is 0 Å². The predicted octanol–water partition coefficient (Wildman–Crippen LogP) is 5.26. The van der Waals surface area contributed by atoms with E-state index in [1.165, 1.54) is 6.92 Å². The van der Waals surface area contributed by atoms with Gasteiger partial charge in [0.15, 0.2) is 5.78 Å². The highest BCUT2D eigenvalue weighted by Gasteiger charge is 2.25. The Morgan fingerprint density at radius 1 is 1.29 bits per heavy atom. The van der Waals surface area contributed by atoms with E-state index in [0.717, 1.165) is 5.56 Å². The number of carbonyl (C=O) groups excluding carboxylic acids is 1. The lowest BCUT2D eigenvalue weighted by Crippen LogP contribution is -2.06. The Hall–Kier alpha value is -1.63. The topological polar surface area (TPSA) is 70.7 Å². The zero-order valence-electron chi connectivity index (χ0n) is 15.7. The maximum absolute atomic E-state index is 13.2. The zero-order chi connectivity index (χ0) is 20.2. The molecule has 0 spiro atoms. The van der Waals surface area contributed by atoms with E-state index in [0.29, 0.717) is 8.95 Å². The lowest BCUT2D eigenvalue weighted by molar-refractivity contribution is 0.102. The number of aliphatic hydroxyl groups is 1. The fraction of sp³-hybridized carbons (Fsp3) is 0.167. The number of hydrogen-bond acceptors (Lipinski definition) is 4. The molecule has 0 saturated carbocycles. The molecule has 4 nitrogen and oxygen atoms in total. The van der Waals surface area contributed by atoms with Gasteiger partial charge >= 0.3 is 0 Å². The van der Waals surface area contributed by atoms with Crippen molar-refractivity contribution in [3.8, 4) is 5.75 Å². The monoisotopic (exact) mass is 455 g/mol. The highest BCUT2D eigenvalue weighted by Crippen LogP contribution is 2.35. The zero-order valence-corrected chi connectivity index (χ0v) is 15.9. The van der Waals surface area contributed by atoms with Crippen LogP contribution in [0, 0.1) is 6.92 Å². The summed E-state index contributed by atoms with van der Waals surface area (Å²) in [6, 6.07) is 1.70. The molecule has 0 radical (unpaired) electrons. The first-order valence-electron chi connectivity index (χ1n) is 8.49. The number of carbonyl (C=O) groups is 1. The first-order chi connectivity index (χ1) is 12.6. The molecule has 0 amide bonds. The molecular formula is C18H14Br2O4. The van der Waals surface area contributed by atoms with Crippen molar-refractivity contribution in [3.05, 3.63) is 61.7 Å². The van der Waals surface area contributed by atoms with Gasteiger partial charge in [0.05, 0.1) is 9.68 Å². The summed E-state index contributed by atoms with van der Waals surface area (Å²) in [5.41, 5.74) is 0.870. The van der Waals surface area contributed by atoms with Crippen LogP contribution >= 0.6 is 31.9 Å². The Labute approximate surface area is 159 Å². The molecule has 24 heavy (non-hydrogen) atoms. The molecule has 124 valence electrons. The molecule has 0 bridgehead atoms. The molecule has 0 aliphatic carbocycles. The van der Waals surface area contributed by atoms with Gasteiger partial charge in [-0.05, 0) is 43.6 Å². The highest BCUT2D eigenvalue weighted by atomic mass is 79.9. The second kappa shape index (κ2) is 6.35. The minimum atomic E-state index is -1.19. The summed E-state index contributed by atoms with van der Waals surface area (Å²) in [5, 5.41) is 19.9. The summed E-state index contributed by atoms with van der Waals surface area (Å²) in [4.78, 5) is 13.2. The standard InChI is InChI=1S/C18H14Br2O4/c1-8-13(19)5-10(6-14(8)20)17(23)16-12-4-3-11(22)7-15(12)24-18(16)9(2)21/h3-7,9,21-22H,1-2H3/i3D,4D,7D. The van der Waals surface area contributed by atoms with Gasteiger partial charge in [0, 0.05) is 25.9 Å². The number of rotatable bonds is 3. The Kier molecular flexibility index (Phi) is 3.61. The van der Waals surface area contributed by atoms with E-state index in [1.807, 2.05) is 6.92 Å². The van der Waals surface area contributed by atoms with Crippen LogP contribution in [0.2, 0.25) is 0 Å². The molecule has 1 atom stereocenters. The van der Waals surface area contributed by atoms with Crippen LogP contribution in [0.1, 0.15) is 44.4 Å². The molecule has 2 N–H and O–H groups in total. The van der Waals surface area contributed by atoms with Crippen molar-refractivity contribution in [2.75, 3.05) is 0 Å². The summed E-state index contributed by atoms with van der Waals surface area (Å²) in [5.74, 6) is -1.35. The predicted molar refractivity (Wildman–Crippen MR) is 98.5 cm³/mol. The van der Waals surface area contributed by atoms with Crippen molar-refractivity contribution in [2.24, 2.45) is 0 Å². The number of aromatic hydroxyl groups is 1. The Morgan fingerprint density at radius 3 is 2.50 bits per heavy atom. The van der Waals surface area contributed by atoms with Crippen LogP contribution in [0.15, 0.2) is 43.6 Å². The summed E-state index contributed by atoms with van der Waals surface area (Å²) in [7, 11) is 0.